The van der Waals surface area contributed by atoms with Crippen molar-refractivity contribution in [2.45, 2.75) is 55.1 Å². The van der Waals surface area contributed by atoms with Crippen LogP contribution in [0.4, 0.5) is 57.1 Å². The van der Waals surface area contributed by atoms with Gasteiger partial charge in [-0.3, -0.25) is 0 Å². The first-order valence-electron chi connectivity index (χ1n) is 8.51. The van der Waals surface area contributed by atoms with Crippen molar-refractivity contribution in [3.8, 4) is 0 Å². The van der Waals surface area contributed by atoms with Crippen molar-refractivity contribution in [1.82, 2.24) is 4.31 Å². The first kappa shape index (κ1) is 32.2. The van der Waals surface area contributed by atoms with E-state index >= 15 is 0 Å². The van der Waals surface area contributed by atoms with E-state index in [1.807, 2.05) is 0 Å². The zero-order chi connectivity index (χ0) is 27.8. The lowest BCUT2D eigenvalue weighted by Gasteiger charge is -2.39. The molecule has 202 valence electrons. The highest BCUT2D eigenvalue weighted by Crippen LogP contribution is 2.60. The quantitative estimate of drug-likeness (QED) is 0.263. The Hall–Kier alpha value is -1.79. The van der Waals surface area contributed by atoms with Crippen LogP contribution in [0.25, 0.3) is 0 Å². The summed E-state index contributed by atoms with van der Waals surface area (Å²) in [6.07, 6.45) is -11.1. The Kier molecular flexibility index (Phi) is 9.18. The molecule has 0 aliphatic carbocycles. The Bertz CT molecular complexity index is 868. The lowest BCUT2D eigenvalue weighted by molar-refractivity contribution is -0.439. The molecule has 1 N–H and O–H groups in total. The van der Waals surface area contributed by atoms with Gasteiger partial charge in [-0.05, 0) is 12.8 Å². The summed E-state index contributed by atoms with van der Waals surface area (Å²) in [5.41, 5.74) is -0.407. The fraction of sp³-hybridized carbons (Fsp3) is 0.800. The summed E-state index contributed by atoms with van der Waals surface area (Å²) in [4.78, 5) is 10.5. The maximum Gasteiger partial charge on any atom is 0.460 e. The second-order valence-corrected chi connectivity index (χ2v) is 9.10. The van der Waals surface area contributed by atoms with Crippen LogP contribution in [0.3, 0.4) is 0 Å². The van der Waals surface area contributed by atoms with Crippen LogP contribution in [0.2, 0.25) is 0 Å². The number of halogens is 13. The Morgan fingerprint density at radius 1 is 0.824 bits per heavy atom. The van der Waals surface area contributed by atoms with Crippen LogP contribution in [0.5, 0.6) is 0 Å². The summed E-state index contributed by atoms with van der Waals surface area (Å²) >= 11 is 0. The van der Waals surface area contributed by atoms with Crippen LogP contribution in [0, 0.1) is 0 Å². The molecule has 0 aromatic heterocycles. The van der Waals surface area contributed by atoms with Gasteiger partial charge in [-0.15, -0.1) is 0 Å². The molecule has 0 bridgehead atoms. The summed E-state index contributed by atoms with van der Waals surface area (Å²) in [7, 11) is -4.37. The van der Waals surface area contributed by atoms with Crippen molar-refractivity contribution in [1.29, 1.82) is 0 Å². The Balaban J connectivity index is 5.70. The van der Waals surface area contributed by atoms with E-state index in [1.165, 1.54) is 0 Å². The summed E-state index contributed by atoms with van der Waals surface area (Å²) in [6.45, 7) is 2.44. The number of sulfonamides is 1. The molecular weight excluding hydrogens is 537 g/mol. The molecule has 5 nitrogen and oxygen atoms in total. The van der Waals surface area contributed by atoms with Crippen LogP contribution >= 0.6 is 0 Å². The largest absolute Gasteiger partial charge is 0.478 e. The van der Waals surface area contributed by atoms with Gasteiger partial charge >= 0.3 is 41.8 Å². The minimum absolute atomic E-state index is 0.181. The molecule has 0 heterocycles. The first-order chi connectivity index (χ1) is 14.7. The predicted octanol–water partition coefficient (Wildman–Crippen LogP) is 4.80. The highest BCUT2D eigenvalue weighted by molar-refractivity contribution is 7.89. The van der Waals surface area contributed by atoms with E-state index in [1.54, 1.807) is 0 Å². The number of carboxylic acids is 1. The van der Waals surface area contributed by atoms with E-state index in [9.17, 15) is 70.3 Å². The number of aliphatic carboxylic acids is 1. The molecule has 0 amide bonds. The van der Waals surface area contributed by atoms with Gasteiger partial charge in [0, 0.05) is 25.6 Å². The fourth-order valence-corrected chi connectivity index (χ4v) is 3.37. The van der Waals surface area contributed by atoms with Crippen LogP contribution in [-0.4, -0.2) is 78.9 Å². The van der Waals surface area contributed by atoms with Gasteiger partial charge in [-0.25, -0.2) is 17.5 Å². The van der Waals surface area contributed by atoms with Gasteiger partial charge in [-0.1, -0.05) is 6.58 Å². The molecule has 0 atom stereocenters. The second kappa shape index (κ2) is 9.69. The molecule has 0 aliphatic heterocycles. The summed E-state index contributed by atoms with van der Waals surface area (Å²) < 4.78 is 193. The van der Waals surface area contributed by atoms with Crippen LogP contribution in [0.15, 0.2) is 12.2 Å². The molecule has 0 aliphatic rings. The van der Waals surface area contributed by atoms with Gasteiger partial charge in [0.15, 0.2) is 0 Å². The molecule has 0 aromatic rings. The minimum atomic E-state index is -8.06. The first-order valence-corrected chi connectivity index (χ1v) is 10.1. The third-order valence-corrected chi connectivity index (χ3v) is 6.25. The summed E-state index contributed by atoms with van der Waals surface area (Å²) in [6, 6.07) is 0. The van der Waals surface area contributed by atoms with Crippen molar-refractivity contribution in [2.24, 2.45) is 0 Å². The average molecular weight is 553 g/mol. The van der Waals surface area contributed by atoms with Gasteiger partial charge in [0.1, 0.15) is 0 Å². The van der Waals surface area contributed by atoms with Crippen LogP contribution in [-0.2, 0) is 14.8 Å². The topological polar surface area (TPSA) is 74.7 Å². The fourth-order valence-electron chi connectivity index (χ4n) is 2.13. The zero-order valence-corrected chi connectivity index (χ0v) is 17.5. The summed E-state index contributed by atoms with van der Waals surface area (Å²) in [5, 5.41) is 8.57. The predicted molar refractivity (Wildman–Crippen MR) is 87.8 cm³/mol. The van der Waals surface area contributed by atoms with E-state index in [0.29, 0.717) is 7.05 Å². The number of nitrogens with zero attached hydrogens (tertiary/aromatic N) is 1. The van der Waals surface area contributed by atoms with Crippen LogP contribution < -0.4 is 0 Å². The number of alkyl halides is 13. The standard InChI is InChI=1S/C15H16F13NO4S/c1-8(9(30)31)4-3-6-29(2)34(32,33)7-5-10(16,17)11(18,19)12(20,21)13(22,23)14(24,25)15(26,27)28/h1,3-7H2,2H3,(H,30,31). The molecule has 0 saturated carbocycles. The number of carbonyl (C=O) groups is 1. The van der Waals surface area contributed by atoms with E-state index in [2.05, 4.69) is 6.58 Å². The van der Waals surface area contributed by atoms with Crippen LogP contribution in [0.1, 0.15) is 19.3 Å². The van der Waals surface area contributed by atoms with Crippen molar-refractivity contribution >= 4 is 16.0 Å². The second-order valence-electron chi connectivity index (χ2n) is 6.90. The summed E-state index contributed by atoms with van der Waals surface area (Å²) in [5.74, 6) is -41.6. The van der Waals surface area contributed by atoms with Gasteiger partial charge in [0.05, 0.1) is 5.75 Å². The maximum absolute atomic E-state index is 13.7. The maximum atomic E-state index is 13.7. The number of hydrogen-bond acceptors (Lipinski definition) is 3. The normalized spacial score (nSPS) is 15.0. The monoisotopic (exact) mass is 553 g/mol. The molecule has 0 fully saturated rings. The van der Waals surface area contributed by atoms with Crippen molar-refractivity contribution in [2.75, 3.05) is 19.3 Å². The Morgan fingerprint density at radius 2 is 1.24 bits per heavy atom. The average Bonchev–Trinajstić information content (AvgIpc) is 2.64. The number of carboxylic acid groups (broad SMARTS) is 1. The molecule has 0 aromatic carbocycles. The lowest BCUT2D eigenvalue weighted by Crippen LogP contribution is -2.70. The highest BCUT2D eigenvalue weighted by atomic mass is 32.2. The Morgan fingerprint density at radius 3 is 1.62 bits per heavy atom. The molecule has 19 heteroatoms. The molecule has 0 unspecified atom stereocenters. The minimum Gasteiger partial charge on any atom is -0.478 e. The third-order valence-electron chi connectivity index (χ3n) is 4.40. The molecule has 0 rings (SSSR count). The van der Waals surface area contributed by atoms with Crippen molar-refractivity contribution < 1.29 is 75.4 Å². The van der Waals surface area contributed by atoms with E-state index in [0.717, 1.165) is 0 Å². The van der Waals surface area contributed by atoms with E-state index in [-0.39, 0.29) is 17.1 Å². The lowest BCUT2D eigenvalue weighted by atomic mass is 9.93. The molecular formula is C15H16F13NO4S. The highest BCUT2D eigenvalue weighted by Gasteiger charge is 2.90. The number of hydrogen-bond donors (Lipinski definition) is 1. The van der Waals surface area contributed by atoms with Gasteiger partial charge in [-0.2, -0.15) is 57.1 Å². The molecule has 0 spiro atoms. The SMILES string of the molecule is C=C(CCCN(C)S(=O)(=O)CCC(F)(F)C(F)(F)C(F)(F)C(F)(F)C(F)(F)C(F)(F)F)C(=O)O. The zero-order valence-electron chi connectivity index (χ0n) is 16.7. The van der Waals surface area contributed by atoms with Crippen molar-refractivity contribution in [3.63, 3.8) is 0 Å². The van der Waals surface area contributed by atoms with E-state index in [4.69, 9.17) is 5.11 Å². The molecule has 0 radical (unpaired) electrons. The van der Waals surface area contributed by atoms with Gasteiger partial charge < -0.3 is 5.11 Å². The Labute approximate surface area is 183 Å². The van der Waals surface area contributed by atoms with Crippen molar-refractivity contribution in [3.05, 3.63) is 12.2 Å². The number of rotatable bonds is 13. The van der Waals surface area contributed by atoms with Gasteiger partial charge in [0.25, 0.3) is 0 Å². The smallest absolute Gasteiger partial charge is 0.460 e. The third kappa shape index (κ3) is 5.88. The van der Waals surface area contributed by atoms with Gasteiger partial charge in [0.2, 0.25) is 10.0 Å². The molecule has 34 heavy (non-hydrogen) atoms. The molecule has 0 saturated heterocycles. The van der Waals surface area contributed by atoms with E-state index < -0.39 is 76.1 Å².